The Bertz CT molecular complexity index is 1690. The van der Waals surface area contributed by atoms with Gasteiger partial charge in [-0.3, -0.25) is 9.11 Å². The van der Waals surface area contributed by atoms with Gasteiger partial charge in [-0.25, -0.2) is 0 Å². The minimum atomic E-state index is -4.57. The maximum Gasteiger partial charge on any atom is 1.00 e. The van der Waals surface area contributed by atoms with Crippen molar-refractivity contribution in [3.8, 4) is 5.75 Å². The number of hydrogen-bond donors (Lipinski definition) is 3. The minimum Gasteiger partial charge on any atom is -0.507 e. The van der Waals surface area contributed by atoms with E-state index in [1.807, 2.05) is 0 Å². The summed E-state index contributed by atoms with van der Waals surface area (Å²) in [7, 11) is -8.86. The van der Waals surface area contributed by atoms with Crippen molar-refractivity contribution in [3.63, 3.8) is 0 Å². The van der Waals surface area contributed by atoms with Gasteiger partial charge in [-0.1, -0.05) is 12.1 Å². The van der Waals surface area contributed by atoms with Crippen molar-refractivity contribution in [2.75, 3.05) is 0 Å². The Morgan fingerprint density at radius 2 is 1.08 bits per heavy atom. The summed E-state index contributed by atoms with van der Waals surface area (Å²) in [6, 6.07) is 18.4. The number of nitrogens with zero attached hydrogens (tertiary/aromatic N) is 4. The van der Waals surface area contributed by atoms with Crippen LogP contribution in [0.25, 0.3) is 10.8 Å². The van der Waals surface area contributed by atoms with Gasteiger partial charge >= 0.3 is 29.6 Å². The Balaban J connectivity index is 0.00000361. The van der Waals surface area contributed by atoms with Gasteiger partial charge < -0.3 is 5.11 Å². The fourth-order valence-corrected chi connectivity index (χ4v) is 4.34. The van der Waals surface area contributed by atoms with E-state index in [9.17, 15) is 26.5 Å². The molecule has 0 atom stereocenters. The number of benzene rings is 4. The van der Waals surface area contributed by atoms with Crippen LogP contribution in [0.3, 0.4) is 0 Å². The van der Waals surface area contributed by atoms with Crippen molar-refractivity contribution < 1.29 is 60.6 Å². The zero-order valence-corrected chi connectivity index (χ0v) is 22.2. The van der Waals surface area contributed by atoms with E-state index in [0.29, 0.717) is 17.1 Å². The molecule has 0 heterocycles. The number of aromatic hydroxyl groups is 1. The quantitative estimate of drug-likeness (QED) is 0.193. The molecule has 14 heteroatoms. The van der Waals surface area contributed by atoms with Gasteiger partial charge in [-0.15, -0.1) is 5.11 Å². The number of azo groups is 2. The summed E-state index contributed by atoms with van der Waals surface area (Å²) in [5.41, 5.74) is 1.37. The molecule has 0 spiro atoms. The van der Waals surface area contributed by atoms with E-state index in [-0.39, 0.29) is 56.7 Å². The second-order valence-electron chi connectivity index (χ2n) is 7.14. The second-order valence-corrected chi connectivity index (χ2v) is 9.95. The topological polar surface area (TPSA) is 178 Å². The summed E-state index contributed by atoms with van der Waals surface area (Å²) >= 11 is 0. The van der Waals surface area contributed by atoms with E-state index in [0.717, 1.165) is 0 Å². The molecule has 3 N–H and O–H groups in total. The number of hydrogen-bond acceptors (Lipinski definition) is 9. The van der Waals surface area contributed by atoms with Gasteiger partial charge in [0.2, 0.25) is 0 Å². The Labute approximate surface area is 228 Å². The first-order valence-electron chi connectivity index (χ1n) is 9.76. The molecule has 11 nitrogen and oxygen atoms in total. The van der Waals surface area contributed by atoms with Gasteiger partial charge in [0, 0.05) is 10.8 Å². The Morgan fingerprint density at radius 3 is 1.58 bits per heavy atom. The van der Waals surface area contributed by atoms with Crippen LogP contribution in [0.4, 0.5) is 22.7 Å². The van der Waals surface area contributed by atoms with Crippen molar-refractivity contribution in [2.24, 2.45) is 20.5 Å². The standard InChI is InChI=1S/C22H16N4O7S2.Na/c27-20-13-12-19(22-18(20)2-1-3-21(22)35(31,32)33)26-25-15-6-4-14(5-7-15)23-24-16-8-10-17(11-9-16)34(28,29)30;/h1-13,27H,(H,28,29,30)(H,31,32,33);/q;+1. The average Bonchev–Trinajstić information content (AvgIpc) is 2.82. The largest absolute Gasteiger partial charge is 1.00 e. The average molecular weight is 536 g/mol. The molecule has 36 heavy (non-hydrogen) atoms. The molecule has 0 aliphatic rings. The van der Waals surface area contributed by atoms with Gasteiger partial charge in [-0.05, 0) is 66.7 Å². The monoisotopic (exact) mass is 535 g/mol. The van der Waals surface area contributed by atoms with Crippen LogP contribution in [0, 0.1) is 0 Å². The van der Waals surface area contributed by atoms with Gasteiger partial charge in [-0.2, -0.15) is 32.2 Å². The summed E-state index contributed by atoms with van der Waals surface area (Å²) in [6.07, 6.45) is 0. The number of phenols is 1. The Hall–Kier alpha value is -3.04. The fourth-order valence-electron chi connectivity index (χ4n) is 3.14. The van der Waals surface area contributed by atoms with E-state index in [1.54, 1.807) is 24.3 Å². The molecule has 4 rings (SSSR count). The molecule has 0 amide bonds. The molecule has 0 aromatic heterocycles. The van der Waals surface area contributed by atoms with Crippen LogP contribution in [0.5, 0.6) is 5.75 Å². The molecular weight excluding hydrogens is 519 g/mol. The first kappa shape index (κ1) is 27.5. The van der Waals surface area contributed by atoms with Crippen molar-refractivity contribution in [3.05, 3.63) is 78.9 Å². The smallest absolute Gasteiger partial charge is 0.507 e. The molecule has 4 aromatic carbocycles. The third-order valence-electron chi connectivity index (χ3n) is 4.77. The van der Waals surface area contributed by atoms with Crippen LogP contribution < -0.4 is 29.6 Å². The summed E-state index contributed by atoms with van der Waals surface area (Å²) in [5, 5.41) is 26.5. The predicted molar refractivity (Wildman–Crippen MR) is 126 cm³/mol. The van der Waals surface area contributed by atoms with E-state index in [4.69, 9.17) is 4.55 Å². The van der Waals surface area contributed by atoms with Crippen molar-refractivity contribution >= 4 is 53.8 Å². The van der Waals surface area contributed by atoms with Crippen LogP contribution in [0.1, 0.15) is 0 Å². The van der Waals surface area contributed by atoms with Crippen LogP contribution in [-0.2, 0) is 20.2 Å². The van der Waals surface area contributed by atoms with Crippen LogP contribution in [-0.4, -0.2) is 31.0 Å². The van der Waals surface area contributed by atoms with E-state index >= 15 is 0 Å². The summed E-state index contributed by atoms with van der Waals surface area (Å²) < 4.78 is 64.3. The van der Waals surface area contributed by atoms with Crippen LogP contribution >= 0.6 is 0 Å². The summed E-state index contributed by atoms with van der Waals surface area (Å²) in [6.45, 7) is 0. The molecule has 0 saturated carbocycles. The molecular formula is C22H16N4NaO7S2+. The number of rotatable bonds is 6. The van der Waals surface area contributed by atoms with Gasteiger partial charge in [0.05, 0.1) is 27.6 Å². The van der Waals surface area contributed by atoms with Crippen LogP contribution in [0.2, 0.25) is 0 Å². The zero-order chi connectivity index (χ0) is 25.2. The van der Waals surface area contributed by atoms with E-state index < -0.39 is 25.1 Å². The van der Waals surface area contributed by atoms with E-state index in [2.05, 4.69) is 20.5 Å². The Kier molecular flexibility index (Phi) is 8.36. The molecule has 178 valence electrons. The Morgan fingerprint density at radius 1 is 0.583 bits per heavy atom. The fraction of sp³-hybridized carbons (Fsp3) is 0. The molecule has 0 fully saturated rings. The maximum absolute atomic E-state index is 11.8. The SMILES string of the molecule is O=S(=O)(O)c1ccc(N=Nc2ccc(N=Nc3ccc(O)c4cccc(S(=O)(=O)O)c34)cc2)cc1.[Na+]. The normalized spacial score (nSPS) is 12.3. The number of phenolic OH excluding ortho intramolecular Hbond substituents is 1. The van der Waals surface area contributed by atoms with E-state index in [1.165, 1.54) is 54.6 Å². The van der Waals surface area contributed by atoms with Crippen molar-refractivity contribution in [1.29, 1.82) is 0 Å². The molecule has 0 aliphatic heterocycles. The van der Waals surface area contributed by atoms with Gasteiger partial charge in [0.15, 0.2) is 0 Å². The summed E-state index contributed by atoms with van der Waals surface area (Å²) in [4.78, 5) is -0.656. The number of fused-ring (bicyclic) bond motifs is 1. The second kappa shape index (κ2) is 10.9. The first-order chi connectivity index (χ1) is 16.5. The van der Waals surface area contributed by atoms with Crippen molar-refractivity contribution in [2.45, 2.75) is 9.79 Å². The van der Waals surface area contributed by atoms with Crippen LogP contribution in [0.15, 0.2) is 109 Å². The molecule has 0 radical (unpaired) electrons. The molecule has 0 unspecified atom stereocenters. The molecule has 0 aliphatic carbocycles. The zero-order valence-electron chi connectivity index (χ0n) is 18.6. The third kappa shape index (κ3) is 6.39. The first-order valence-corrected chi connectivity index (χ1v) is 12.6. The predicted octanol–water partition coefficient (Wildman–Crippen LogP) is 2.87. The maximum atomic E-state index is 11.8. The minimum absolute atomic E-state index is 0. The summed E-state index contributed by atoms with van der Waals surface area (Å²) in [5.74, 6) is -0.174. The molecule has 0 bridgehead atoms. The molecule has 0 saturated heterocycles. The third-order valence-corrected chi connectivity index (χ3v) is 6.54. The van der Waals surface area contributed by atoms with Crippen molar-refractivity contribution in [1.82, 2.24) is 0 Å². The van der Waals surface area contributed by atoms with Gasteiger partial charge in [0.25, 0.3) is 20.2 Å². The van der Waals surface area contributed by atoms with Gasteiger partial charge in [0.1, 0.15) is 10.6 Å². The molecule has 4 aromatic rings.